The Morgan fingerprint density at radius 3 is 2.70 bits per heavy atom. The predicted molar refractivity (Wildman–Crippen MR) is 108 cm³/mol. The number of hydrogen-bond acceptors (Lipinski definition) is 5. The van der Waals surface area contributed by atoms with Crippen molar-refractivity contribution in [1.29, 1.82) is 0 Å². The maximum Gasteiger partial charge on any atom is 0.347 e. The molecular weight excluding hydrogens is 412 g/mol. The number of ketones is 1. The van der Waals surface area contributed by atoms with Crippen molar-refractivity contribution < 1.29 is 18.7 Å². The van der Waals surface area contributed by atoms with Crippen LogP contribution in [0.15, 0.2) is 62.2 Å². The summed E-state index contributed by atoms with van der Waals surface area (Å²) in [7, 11) is 1.55. The molecule has 0 N–H and O–H groups in total. The van der Waals surface area contributed by atoms with Crippen LogP contribution in [0, 0.1) is 0 Å². The van der Waals surface area contributed by atoms with Crippen LogP contribution >= 0.6 is 15.9 Å². The minimum Gasteiger partial charge on any atom is -0.493 e. The average Bonchev–Trinajstić information content (AvgIpc) is 2.66. The van der Waals surface area contributed by atoms with Crippen LogP contribution in [0.1, 0.15) is 22.8 Å². The van der Waals surface area contributed by atoms with Gasteiger partial charge in [0.1, 0.15) is 11.1 Å². The Morgan fingerprint density at radius 1 is 1.15 bits per heavy atom. The first-order valence-corrected chi connectivity index (χ1v) is 9.07. The van der Waals surface area contributed by atoms with Gasteiger partial charge in [-0.1, -0.05) is 28.1 Å². The molecule has 0 radical (unpaired) electrons. The van der Waals surface area contributed by atoms with Crippen LogP contribution in [-0.4, -0.2) is 19.5 Å². The van der Waals surface area contributed by atoms with E-state index in [0.29, 0.717) is 29.1 Å². The van der Waals surface area contributed by atoms with Crippen molar-refractivity contribution >= 4 is 38.8 Å². The summed E-state index contributed by atoms with van der Waals surface area (Å²) in [5.74, 6) is 0.768. The normalized spacial score (nSPS) is 11.1. The lowest BCUT2D eigenvalue weighted by molar-refractivity contribution is 0.104. The second kappa shape index (κ2) is 8.22. The second-order valence-corrected chi connectivity index (χ2v) is 6.59. The highest BCUT2D eigenvalue weighted by atomic mass is 79.9. The number of fused-ring (bicyclic) bond motifs is 1. The van der Waals surface area contributed by atoms with E-state index in [1.807, 2.05) is 6.92 Å². The lowest BCUT2D eigenvalue weighted by atomic mass is 10.1. The van der Waals surface area contributed by atoms with Gasteiger partial charge in [0, 0.05) is 9.86 Å². The van der Waals surface area contributed by atoms with E-state index < -0.39 is 11.4 Å². The average molecular weight is 429 g/mol. The first kappa shape index (κ1) is 18.9. The van der Waals surface area contributed by atoms with Gasteiger partial charge in [0.25, 0.3) is 0 Å². The highest BCUT2D eigenvalue weighted by molar-refractivity contribution is 9.10. The Morgan fingerprint density at radius 2 is 1.96 bits per heavy atom. The monoisotopic (exact) mass is 428 g/mol. The van der Waals surface area contributed by atoms with E-state index in [4.69, 9.17) is 13.9 Å². The number of benzene rings is 2. The topological polar surface area (TPSA) is 65.7 Å². The number of allylic oxidation sites excluding steroid dienone is 1. The molecule has 0 aliphatic heterocycles. The summed E-state index contributed by atoms with van der Waals surface area (Å²) < 4.78 is 16.8. The van der Waals surface area contributed by atoms with Gasteiger partial charge in [-0.3, -0.25) is 4.79 Å². The van der Waals surface area contributed by atoms with Gasteiger partial charge < -0.3 is 13.9 Å². The summed E-state index contributed by atoms with van der Waals surface area (Å²) >= 11 is 3.36. The van der Waals surface area contributed by atoms with Crippen LogP contribution in [0.2, 0.25) is 0 Å². The third-order valence-corrected chi connectivity index (χ3v) is 4.37. The van der Waals surface area contributed by atoms with E-state index in [9.17, 15) is 9.59 Å². The van der Waals surface area contributed by atoms with Gasteiger partial charge in [0.2, 0.25) is 0 Å². The van der Waals surface area contributed by atoms with Crippen LogP contribution < -0.4 is 15.1 Å². The molecule has 0 bridgehead atoms. The minimum absolute atomic E-state index is 0.0187. The number of carbonyl (C=O) groups is 1. The van der Waals surface area contributed by atoms with Crippen molar-refractivity contribution in [3.05, 3.63) is 74.6 Å². The molecule has 3 rings (SSSR count). The lowest BCUT2D eigenvalue weighted by Gasteiger charge is -2.09. The smallest absolute Gasteiger partial charge is 0.347 e. The van der Waals surface area contributed by atoms with Crippen LogP contribution in [0.5, 0.6) is 11.5 Å². The summed E-state index contributed by atoms with van der Waals surface area (Å²) in [6.45, 7) is 2.41. The van der Waals surface area contributed by atoms with Gasteiger partial charge in [-0.2, -0.15) is 0 Å². The van der Waals surface area contributed by atoms with Crippen molar-refractivity contribution in [3.8, 4) is 11.5 Å². The van der Waals surface area contributed by atoms with Crippen LogP contribution in [0.25, 0.3) is 17.0 Å². The first-order chi connectivity index (χ1) is 13.0. The molecule has 0 amide bonds. The van der Waals surface area contributed by atoms with E-state index in [-0.39, 0.29) is 5.56 Å². The van der Waals surface area contributed by atoms with Crippen LogP contribution in [0.3, 0.4) is 0 Å². The van der Waals surface area contributed by atoms with Gasteiger partial charge in [0.15, 0.2) is 17.3 Å². The Labute approximate surface area is 164 Å². The zero-order valence-corrected chi connectivity index (χ0v) is 16.4. The molecular formula is C21H17BrO5. The summed E-state index contributed by atoms with van der Waals surface area (Å²) in [5, 5.41) is 0.670. The fourth-order valence-electron chi connectivity index (χ4n) is 2.59. The highest BCUT2D eigenvalue weighted by Crippen LogP contribution is 2.28. The minimum atomic E-state index is -0.663. The first-order valence-electron chi connectivity index (χ1n) is 8.28. The molecule has 0 unspecified atom stereocenters. The molecule has 0 spiro atoms. The fourth-order valence-corrected chi connectivity index (χ4v) is 2.97. The molecule has 0 aliphatic carbocycles. The summed E-state index contributed by atoms with van der Waals surface area (Å²) in [6, 6.07) is 12.1. The zero-order chi connectivity index (χ0) is 19.4. The third-order valence-electron chi connectivity index (χ3n) is 3.87. The molecule has 1 aromatic heterocycles. The fraction of sp³-hybridized carbons (Fsp3) is 0.143. The van der Waals surface area contributed by atoms with E-state index in [1.54, 1.807) is 49.6 Å². The number of methoxy groups -OCH3 is 1. The van der Waals surface area contributed by atoms with Gasteiger partial charge in [0.05, 0.1) is 13.7 Å². The molecule has 0 fully saturated rings. The molecule has 138 valence electrons. The van der Waals surface area contributed by atoms with Crippen LogP contribution in [0.4, 0.5) is 0 Å². The summed E-state index contributed by atoms with van der Waals surface area (Å²) in [4.78, 5) is 24.6. The Balaban J connectivity index is 1.90. The molecule has 0 saturated heterocycles. The molecule has 0 atom stereocenters. The van der Waals surface area contributed by atoms with Gasteiger partial charge in [-0.05, 0) is 55.0 Å². The standard InChI is InChI=1S/C21H17BrO5/c1-3-26-19-8-5-13(10-20(19)25-2)4-7-17(23)16-12-14-11-15(22)6-9-18(14)27-21(16)24/h4-12H,3H2,1-2H3/b7-4+. The van der Waals surface area contributed by atoms with Crippen LogP contribution in [-0.2, 0) is 0 Å². The lowest BCUT2D eigenvalue weighted by Crippen LogP contribution is -2.11. The van der Waals surface area contributed by atoms with Crippen molar-refractivity contribution in [2.45, 2.75) is 6.92 Å². The molecule has 3 aromatic rings. The number of carbonyl (C=O) groups excluding carboxylic acids is 1. The maximum absolute atomic E-state index is 12.5. The zero-order valence-electron chi connectivity index (χ0n) is 14.8. The quantitative estimate of drug-likeness (QED) is 0.318. The summed E-state index contributed by atoms with van der Waals surface area (Å²) in [6.07, 6.45) is 2.95. The molecule has 0 saturated carbocycles. The highest BCUT2D eigenvalue weighted by Gasteiger charge is 2.12. The number of halogens is 1. The van der Waals surface area contributed by atoms with Gasteiger partial charge in [-0.25, -0.2) is 4.79 Å². The van der Waals surface area contributed by atoms with Crippen molar-refractivity contribution in [2.24, 2.45) is 0 Å². The number of ether oxygens (including phenoxy) is 2. The Kier molecular flexibility index (Phi) is 5.76. The largest absolute Gasteiger partial charge is 0.493 e. The van der Waals surface area contributed by atoms with Crippen molar-refractivity contribution in [2.75, 3.05) is 13.7 Å². The number of hydrogen-bond donors (Lipinski definition) is 0. The molecule has 2 aromatic carbocycles. The van der Waals surface area contributed by atoms with Crippen molar-refractivity contribution in [3.63, 3.8) is 0 Å². The predicted octanol–water partition coefficient (Wildman–Crippen LogP) is 4.86. The second-order valence-electron chi connectivity index (χ2n) is 5.67. The van der Waals surface area contributed by atoms with E-state index in [0.717, 1.165) is 10.0 Å². The van der Waals surface area contributed by atoms with Crippen molar-refractivity contribution in [1.82, 2.24) is 0 Å². The number of rotatable bonds is 6. The Hall–Kier alpha value is -2.86. The van der Waals surface area contributed by atoms with E-state index >= 15 is 0 Å². The SMILES string of the molecule is CCOc1ccc(/C=C/C(=O)c2cc3cc(Br)ccc3oc2=O)cc1OC. The summed E-state index contributed by atoms with van der Waals surface area (Å²) in [5.41, 5.74) is 0.495. The van der Waals surface area contributed by atoms with E-state index in [1.165, 1.54) is 12.1 Å². The third kappa shape index (κ3) is 4.28. The molecule has 27 heavy (non-hydrogen) atoms. The molecule has 1 heterocycles. The van der Waals surface area contributed by atoms with E-state index in [2.05, 4.69) is 15.9 Å². The molecule has 6 heteroatoms. The molecule has 5 nitrogen and oxygen atoms in total. The molecule has 0 aliphatic rings. The Bertz CT molecular complexity index is 1080. The van der Waals surface area contributed by atoms with Gasteiger partial charge >= 0.3 is 5.63 Å². The van der Waals surface area contributed by atoms with Gasteiger partial charge in [-0.15, -0.1) is 0 Å². The maximum atomic E-state index is 12.5.